The van der Waals surface area contributed by atoms with Crippen LogP contribution in [0.3, 0.4) is 0 Å². The van der Waals surface area contributed by atoms with E-state index in [2.05, 4.69) is 41.6 Å². The molecular weight excluding hydrogens is 518 g/mol. The lowest BCUT2D eigenvalue weighted by atomic mass is 9.99. The molecule has 0 amide bonds. The molecule has 1 fully saturated rings. The van der Waals surface area contributed by atoms with Gasteiger partial charge in [-0.05, 0) is 53.2 Å². The van der Waals surface area contributed by atoms with Crippen molar-refractivity contribution in [3.63, 3.8) is 0 Å². The molecule has 0 saturated carbocycles. The number of aryl methyl sites for hydroxylation is 2. The number of anilines is 1. The molecule has 0 N–H and O–H groups in total. The van der Waals surface area contributed by atoms with E-state index in [0.29, 0.717) is 59.0 Å². The molecule has 0 radical (unpaired) electrons. The predicted molar refractivity (Wildman–Crippen MR) is 151 cm³/mol. The molecule has 2 aliphatic rings. The highest BCUT2D eigenvalue weighted by Gasteiger charge is 2.36. The van der Waals surface area contributed by atoms with Gasteiger partial charge in [-0.3, -0.25) is 9.47 Å². The molecular formula is C28H36ClN7O3. The highest BCUT2D eigenvalue weighted by Crippen LogP contribution is 2.42. The molecule has 10 nitrogen and oxygen atoms in total. The van der Waals surface area contributed by atoms with E-state index < -0.39 is 5.60 Å². The number of ether oxygens (including phenoxy) is 2. The van der Waals surface area contributed by atoms with Crippen LogP contribution in [-0.4, -0.2) is 61.4 Å². The largest absolute Gasteiger partial charge is 0.485 e. The molecule has 1 saturated heterocycles. The highest BCUT2D eigenvalue weighted by atomic mass is 35.5. The number of nitrogens with zero attached hydrogens (tertiary/aromatic N) is 7. The lowest BCUT2D eigenvalue weighted by Gasteiger charge is -2.47. The molecule has 1 unspecified atom stereocenters. The van der Waals surface area contributed by atoms with Crippen molar-refractivity contribution in [1.82, 2.24) is 24.0 Å². The van der Waals surface area contributed by atoms with Crippen LogP contribution in [0.4, 0.5) is 5.82 Å². The minimum absolute atomic E-state index is 0.0224. The van der Waals surface area contributed by atoms with Gasteiger partial charge >= 0.3 is 5.69 Å². The maximum Gasteiger partial charge on any atom is 0.350 e. The standard InChI is InChI=1S/C28H36ClN7O3/c1-8-34-23(9-10-30)31-24-25(32-27(37)33(7)26(24)34)36-14-16(2)35(13-17(36)3)18(4)19-11-22-21(12-20(19)29)38-15-28(5,6)39-22/h11-12,16-18H,8-9,13-15H2,1-7H3/t16-,17+,18?/m1/s1. The third kappa shape index (κ3) is 4.72. The Morgan fingerprint density at radius 3 is 2.64 bits per heavy atom. The summed E-state index contributed by atoms with van der Waals surface area (Å²) in [6, 6.07) is 6.25. The Morgan fingerprint density at radius 1 is 1.21 bits per heavy atom. The number of hydrogen-bond acceptors (Lipinski definition) is 8. The zero-order valence-corrected chi connectivity index (χ0v) is 24.4. The zero-order valence-electron chi connectivity index (χ0n) is 23.7. The second-order valence-electron chi connectivity index (χ2n) is 11.3. The second-order valence-corrected chi connectivity index (χ2v) is 11.7. The van der Waals surface area contributed by atoms with Gasteiger partial charge in [0.2, 0.25) is 0 Å². The molecule has 3 aromatic rings. The maximum absolute atomic E-state index is 13.0. The van der Waals surface area contributed by atoms with Gasteiger partial charge in [0, 0.05) is 55.9 Å². The van der Waals surface area contributed by atoms with Crippen molar-refractivity contribution in [2.24, 2.45) is 7.05 Å². The highest BCUT2D eigenvalue weighted by molar-refractivity contribution is 6.31. The third-order valence-corrected chi connectivity index (χ3v) is 8.20. The Kier molecular flexibility index (Phi) is 7.02. The Balaban J connectivity index is 1.47. The molecule has 2 aromatic heterocycles. The molecule has 0 spiro atoms. The van der Waals surface area contributed by atoms with Gasteiger partial charge in [0.25, 0.3) is 0 Å². The van der Waals surface area contributed by atoms with Gasteiger partial charge in [0.15, 0.2) is 17.3 Å². The van der Waals surface area contributed by atoms with E-state index in [-0.39, 0.29) is 30.2 Å². The number of aromatic nitrogens is 4. The molecule has 0 bridgehead atoms. The Hall–Kier alpha value is -3.29. The topological polar surface area (TPSA) is 101 Å². The third-order valence-electron chi connectivity index (χ3n) is 7.87. The van der Waals surface area contributed by atoms with E-state index in [1.54, 1.807) is 7.05 Å². The molecule has 5 rings (SSSR count). The fourth-order valence-electron chi connectivity index (χ4n) is 5.84. The van der Waals surface area contributed by atoms with Crippen LogP contribution in [0.1, 0.15) is 59.0 Å². The SMILES string of the molecule is CCn1c(CC#N)nc2c(N3C[C@@H](C)N(C(C)c4cc5c(cc4Cl)OCC(C)(C)O5)C[C@@H]3C)nc(=O)n(C)c21. The lowest BCUT2D eigenvalue weighted by molar-refractivity contribution is 0.0209. The number of hydrogen-bond donors (Lipinski definition) is 0. The van der Waals surface area contributed by atoms with E-state index in [9.17, 15) is 10.1 Å². The molecule has 208 valence electrons. The Labute approximate surface area is 233 Å². The monoisotopic (exact) mass is 553 g/mol. The van der Waals surface area contributed by atoms with Gasteiger partial charge in [-0.15, -0.1) is 0 Å². The minimum atomic E-state index is -0.405. The van der Waals surface area contributed by atoms with Crippen LogP contribution in [0.2, 0.25) is 5.02 Å². The number of nitriles is 1. The summed E-state index contributed by atoms with van der Waals surface area (Å²) in [6.45, 7) is 14.9. The van der Waals surface area contributed by atoms with E-state index in [1.165, 1.54) is 4.57 Å². The van der Waals surface area contributed by atoms with Gasteiger partial charge in [-0.1, -0.05) is 11.6 Å². The first-order valence-corrected chi connectivity index (χ1v) is 13.8. The minimum Gasteiger partial charge on any atom is -0.485 e. The molecule has 3 atom stereocenters. The number of fused-ring (bicyclic) bond motifs is 2. The fraction of sp³-hybridized carbons (Fsp3) is 0.571. The van der Waals surface area contributed by atoms with Crippen molar-refractivity contribution in [2.45, 2.75) is 78.2 Å². The van der Waals surface area contributed by atoms with Gasteiger partial charge in [0.1, 0.15) is 29.2 Å². The molecule has 4 heterocycles. The number of imidazole rings is 1. The number of rotatable bonds is 5. The fourth-order valence-corrected chi connectivity index (χ4v) is 6.15. The van der Waals surface area contributed by atoms with Crippen LogP contribution >= 0.6 is 11.6 Å². The van der Waals surface area contributed by atoms with Crippen molar-refractivity contribution in [3.05, 3.63) is 39.0 Å². The normalized spacial score (nSPS) is 21.7. The van der Waals surface area contributed by atoms with Crippen molar-refractivity contribution < 1.29 is 9.47 Å². The number of halogens is 1. The van der Waals surface area contributed by atoms with Crippen LogP contribution < -0.4 is 20.1 Å². The first-order chi connectivity index (χ1) is 18.5. The average molecular weight is 554 g/mol. The molecule has 2 aliphatic heterocycles. The number of benzene rings is 1. The van der Waals surface area contributed by atoms with E-state index in [4.69, 9.17) is 26.1 Å². The summed E-state index contributed by atoms with van der Waals surface area (Å²) in [5.74, 6) is 2.60. The second kappa shape index (κ2) is 10.0. The van der Waals surface area contributed by atoms with Gasteiger partial charge in [-0.2, -0.15) is 10.2 Å². The quantitative estimate of drug-likeness (QED) is 0.466. The van der Waals surface area contributed by atoms with Gasteiger partial charge in [0.05, 0.1) is 12.5 Å². The van der Waals surface area contributed by atoms with Gasteiger partial charge in [-0.25, -0.2) is 9.78 Å². The van der Waals surface area contributed by atoms with E-state index in [1.807, 2.05) is 37.5 Å². The first-order valence-electron chi connectivity index (χ1n) is 13.5. The smallest absolute Gasteiger partial charge is 0.350 e. The molecule has 1 aromatic carbocycles. The van der Waals surface area contributed by atoms with E-state index in [0.717, 1.165) is 12.1 Å². The lowest BCUT2D eigenvalue weighted by Crippen LogP contribution is -2.57. The zero-order chi connectivity index (χ0) is 28.2. The molecule has 0 aliphatic carbocycles. The molecule has 39 heavy (non-hydrogen) atoms. The van der Waals surface area contributed by atoms with Crippen molar-refractivity contribution >= 4 is 28.6 Å². The van der Waals surface area contributed by atoms with Gasteiger partial charge < -0.3 is 18.9 Å². The summed E-state index contributed by atoms with van der Waals surface area (Å²) >= 11 is 6.76. The summed E-state index contributed by atoms with van der Waals surface area (Å²) in [6.07, 6.45) is 0.168. The van der Waals surface area contributed by atoms with Crippen molar-refractivity contribution in [3.8, 4) is 17.6 Å². The van der Waals surface area contributed by atoms with Crippen molar-refractivity contribution in [1.29, 1.82) is 5.26 Å². The van der Waals surface area contributed by atoms with Crippen LogP contribution in [0.25, 0.3) is 11.2 Å². The van der Waals surface area contributed by atoms with E-state index >= 15 is 0 Å². The van der Waals surface area contributed by atoms with Crippen molar-refractivity contribution in [2.75, 3.05) is 24.6 Å². The Morgan fingerprint density at radius 2 is 1.95 bits per heavy atom. The summed E-state index contributed by atoms with van der Waals surface area (Å²) < 4.78 is 15.5. The van der Waals surface area contributed by atoms with Crippen LogP contribution in [0.15, 0.2) is 16.9 Å². The molecule has 11 heteroatoms. The average Bonchev–Trinajstić information content (AvgIpc) is 3.25. The summed E-state index contributed by atoms with van der Waals surface area (Å²) in [5.41, 5.74) is 1.59. The number of piperazine rings is 1. The Bertz CT molecular complexity index is 1520. The van der Waals surface area contributed by atoms with Crippen LogP contribution in [-0.2, 0) is 20.0 Å². The maximum atomic E-state index is 13.0. The summed E-state index contributed by atoms with van der Waals surface area (Å²) in [5, 5.41) is 9.99. The predicted octanol–water partition coefficient (Wildman–Crippen LogP) is 4.08. The van der Waals surface area contributed by atoms with Crippen LogP contribution in [0.5, 0.6) is 11.5 Å². The summed E-state index contributed by atoms with van der Waals surface area (Å²) in [7, 11) is 1.70. The first kappa shape index (κ1) is 27.3. The van der Waals surface area contributed by atoms with Crippen LogP contribution in [0, 0.1) is 11.3 Å². The summed E-state index contributed by atoms with van der Waals surface area (Å²) in [4.78, 5) is 26.8.